The minimum absolute atomic E-state index is 0.226. The molecule has 0 saturated carbocycles. The van der Waals surface area contributed by atoms with Crippen molar-refractivity contribution in [1.29, 1.82) is 0 Å². The first-order valence-corrected chi connectivity index (χ1v) is 8.98. The number of carbonyl (C=O) groups is 1. The lowest BCUT2D eigenvalue weighted by molar-refractivity contribution is 0.150. The number of aromatic nitrogens is 2. The van der Waals surface area contributed by atoms with Crippen LogP contribution in [-0.2, 0) is 15.6 Å². The SMILES string of the molecule is CCOC(=O)n1ccc(-c2cc(C(C)(C)C)c(O)c(C(C)(C)C)c2C)n1. The Kier molecular flexibility index (Phi) is 5.22. The van der Waals surface area contributed by atoms with Crippen LogP contribution in [0.5, 0.6) is 5.75 Å². The molecule has 0 fully saturated rings. The predicted molar refractivity (Wildman–Crippen MR) is 104 cm³/mol. The quantitative estimate of drug-likeness (QED) is 0.805. The minimum atomic E-state index is -0.498. The highest BCUT2D eigenvalue weighted by molar-refractivity contribution is 5.74. The third-order valence-electron chi connectivity index (χ3n) is 4.44. The molecule has 26 heavy (non-hydrogen) atoms. The van der Waals surface area contributed by atoms with Crippen molar-refractivity contribution < 1.29 is 14.6 Å². The number of carbonyl (C=O) groups excluding carboxylic acids is 1. The summed E-state index contributed by atoms with van der Waals surface area (Å²) in [5.74, 6) is 0.344. The smallest absolute Gasteiger partial charge is 0.434 e. The van der Waals surface area contributed by atoms with Crippen molar-refractivity contribution in [3.8, 4) is 17.0 Å². The Bertz CT molecular complexity index is 821. The monoisotopic (exact) mass is 358 g/mol. The lowest BCUT2D eigenvalue weighted by Gasteiger charge is -2.30. The summed E-state index contributed by atoms with van der Waals surface area (Å²) in [6.45, 7) is 16.5. The van der Waals surface area contributed by atoms with Gasteiger partial charge < -0.3 is 9.84 Å². The van der Waals surface area contributed by atoms with Gasteiger partial charge >= 0.3 is 6.09 Å². The molecular weight excluding hydrogens is 328 g/mol. The van der Waals surface area contributed by atoms with E-state index in [-0.39, 0.29) is 10.8 Å². The number of phenols is 1. The van der Waals surface area contributed by atoms with E-state index in [0.29, 0.717) is 18.1 Å². The summed E-state index contributed by atoms with van der Waals surface area (Å²) in [7, 11) is 0. The lowest BCUT2D eigenvalue weighted by atomic mass is 9.75. The summed E-state index contributed by atoms with van der Waals surface area (Å²) in [6, 6.07) is 3.78. The third kappa shape index (κ3) is 3.76. The van der Waals surface area contributed by atoms with Crippen molar-refractivity contribution >= 4 is 6.09 Å². The number of ether oxygens (including phenoxy) is 1. The first-order chi connectivity index (χ1) is 11.9. The van der Waals surface area contributed by atoms with E-state index in [4.69, 9.17) is 4.74 Å². The van der Waals surface area contributed by atoms with Crippen molar-refractivity contribution in [2.24, 2.45) is 0 Å². The van der Waals surface area contributed by atoms with Crippen LogP contribution in [0.25, 0.3) is 11.3 Å². The second kappa shape index (κ2) is 6.78. The molecule has 1 aromatic heterocycles. The fourth-order valence-electron chi connectivity index (χ4n) is 3.28. The Labute approximate surface area is 156 Å². The van der Waals surface area contributed by atoms with Gasteiger partial charge in [-0.2, -0.15) is 9.78 Å². The molecule has 0 aliphatic heterocycles. The second-order valence-electron chi connectivity index (χ2n) is 8.66. The number of hydrogen-bond acceptors (Lipinski definition) is 4. The molecule has 2 rings (SSSR count). The Morgan fingerprint density at radius 2 is 1.81 bits per heavy atom. The Balaban J connectivity index is 2.72. The normalized spacial score (nSPS) is 12.3. The Hall–Kier alpha value is -2.30. The molecule has 0 amide bonds. The third-order valence-corrected chi connectivity index (χ3v) is 4.44. The summed E-state index contributed by atoms with van der Waals surface area (Å²) in [4.78, 5) is 11.9. The molecule has 1 heterocycles. The van der Waals surface area contributed by atoms with Crippen LogP contribution in [0, 0.1) is 6.92 Å². The number of rotatable bonds is 2. The molecule has 142 valence electrons. The largest absolute Gasteiger partial charge is 0.507 e. The van der Waals surface area contributed by atoms with Gasteiger partial charge in [0.2, 0.25) is 0 Å². The molecule has 0 spiro atoms. The van der Waals surface area contributed by atoms with E-state index in [1.165, 1.54) is 4.68 Å². The second-order valence-corrected chi connectivity index (χ2v) is 8.66. The van der Waals surface area contributed by atoms with E-state index in [1.807, 2.05) is 13.0 Å². The van der Waals surface area contributed by atoms with Crippen molar-refractivity contribution in [3.05, 3.63) is 35.0 Å². The zero-order valence-electron chi connectivity index (χ0n) is 17.1. The molecule has 2 aromatic rings. The molecule has 5 heteroatoms. The van der Waals surface area contributed by atoms with E-state index < -0.39 is 6.09 Å². The molecule has 1 N–H and O–H groups in total. The Morgan fingerprint density at radius 1 is 1.19 bits per heavy atom. The summed E-state index contributed by atoms with van der Waals surface area (Å²) in [5, 5.41) is 15.4. The van der Waals surface area contributed by atoms with Crippen molar-refractivity contribution in [2.75, 3.05) is 6.61 Å². The van der Waals surface area contributed by atoms with Gasteiger partial charge in [-0.25, -0.2) is 4.79 Å². The van der Waals surface area contributed by atoms with E-state index in [1.54, 1.807) is 19.2 Å². The minimum Gasteiger partial charge on any atom is -0.507 e. The van der Waals surface area contributed by atoms with E-state index >= 15 is 0 Å². The van der Waals surface area contributed by atoms with Gasteiger partial charge in [0.25, 0.3) is 0 Å². The van der Waals surface area contributed by atoms with E-state index in [9.17, 15) is 9.90 Å². The molecule has 0 aliphatic rings. The van der Waals surface area contributed by atoms with Crippen LogP contribution in [0.2, 0.25) is 0 Å². The summed E-state index contributed by atoms with van der Waals surface area (Å²) < 4.78 is 6.21. The van der Waals surface area contributed by atoms with Crippen LogP contribution in [0.15, 0.2) is 18.3 Å². The van der Waals surface area contributed by atoms with Gasteiger partial charge in [0, 0.05) is 22.9 Å². The van der Waals surface area contributed by atoms with Crippen LogP contribution in [0.4, 0.5) is 4.79 Å². The van der Waals surface area contributed by atoms with Crippen molar-refractivity contribution in [2.45, 2.75) is 66.2 Å². The van der Waals surface area contributed by atoms with Gasteiger partial charge in [0.05, 0.1) is 12.3 Å². The molecule has 0 atom stereocenters. The van der Waals surface area contributed by atoms with Gasteiger partial charge in [-0.1, -0.05) is 41.5 Å². The molecular formula is C21H30N2O3. The molecule has 0 aliphatic carbocycles. The average molecular weight is 358 g/mol. The van der Waals surface area contributed by atoms with Crippen LogP contribution >= 0.6 is 0 Å². The molecule has 0 saturated heterocycles. The van der Waals surface area contributed by atoms with Gasteiger partial charge in [-0.05, 0) is 42.4 Å². The van der Waals surface area contributed by atoms with Gasteiger partial charge in [-0.3, -0.25) is 0 Å². The average Bonchev–Trinajstić information content (AvgIpc) is 2.94. The van der Waals surface area contributed by atoms with Crippen molar-refractivity contribution in [1.82, 2.24) is 9.78 Å². The standard InChI is InChI=1S/C21H30N2O3/c1-9-26-19(25)23-11-10-16(22-23)14-12-15(20(3,4)5)18(24)17(13(14)2)21(6,7)8/h10-12,24H,9H2,1-8H3. The lowest BCUT2D eigenvalue weighted by Crippen LogP contribution is -2.19. The number of aromatic hydroxyl groups is 1. The van der Waals surface area contributed by atoms with Crippen LogP contribution in [0.3, 0.4) is 0 Å². The maximum atomic E-state index is 11.9. The fourth-order valence-corrected chi connectivity index (χ4v) is 3.28. The molecule has 0 unspecified atom stereocenters. The van der Waals surface area contributed by atoms with Crippen LogP contribution < -0.4 is 0 Å². The topological polar surface area (TPSA) is 64.3 Å². The molecule has 5 nitrogen and oxygen atoms in total. The van der Waals surface area contributed by atoms with Gasteiger partial charge in [0.15, 0.2) is 0 Å². The molecule has 0 radical (unpaired) electrons. The fraction of sp³-hybridized carbons (Fsp3) is 0.524. The first kappa shape index (κ1) is 20.0. The number of hydrogen-bond donors (Lipinski definition) is 1. The number of benzene rings is 1. The van der Waals surface area contributed by atoms with Crippen molar-refractivity contribution in [3.63, 3.8) is 0 Å². The highest BCUT2D eigenvalue weighted by atomic mass is 16.5. The van der Waals surface area contributed by atoms with Crippen LogP contribution in [-0.4, -0.2) is 27.6 Å². The highest BCUT2D eigenvalue weighted by Crippen LogP contribution is 2.44. The first-order valence-electron chi connectivity index (χ1n) is 8.98. The number of nitrogens with zero attached hydrogens (tertiary/aromatic N) is 2. The zero-order chi connectivity index (χ0) is 19.9. The van der Waals surface area contributed by atoms with Gasteiger partial charge in [-0.15, -0.1) is 0 Å². The maximum Gasteiger partial charge on any atom is 0.434 e. The van der Waals surface area contributed by atoms with Crippen LogP contribution in [0.1, 0.15) is 65.2 Å². The van der Waals surface area contributed by atoms with E-state index in [0.717, 1.165) is 22.3 Å². The number of phenolic OH excluding ortho intramolecular Hbond substituents is 1. The highest BCUT2D eigenvalue weighted by Gasteiger charge is 2.29. The summed E-state index contributed by atoms with van der Waals surface area (Å²) in [5.41, 5.74) is 3.90. The zero-order valence-corrected chi connectivity index (χ0v) is 17.1. The predicted octanol–water partition coefficient (Wildman–Crippen LogP) is 5.16. The Morgan fingerprint density at radius 3 is 2.31 bits per heavy atom. The molecule has 1 aromatic carbocycles. The molecule has 0 bridgehead atoms. The summed E-state index contributed by atoms with van der Waals surface area (Å²) >= 11 is 0. The van der Waals surface area contributed by atoms with E-state index in [2.05, 4.69) is 46.6 Å². The summed E-state index contributed by atoms with van der Waals surface area (Å²) in [6.07, 6.45) is 1.11. The van der Waals surface area contributed by atoms with Gasteiger partial charge in [0.1, 0.15) is 5.75 Å². The maximum absolute atomic E-state index is 11.9.